The van der Waals surface area contributed by atoms with Crippen molar-refractivity contribution in [2.24, 2.45) is 0 Å². The Bertz CT molecular complexity index is 500. The van der Waals surface area contributed by atoms with E-state index in [1.165, 1.54) is 0 Å². The zero-order valence-corrected chi connectivity index (χ0v) is 12.0. The topological polar surface area (TPSA) is 58.6 Å². The van der Waals surface area contributed by atoms with Gasteiger partial charge in [-0.05, 0) is 38.0 Å². The average molecular weight is 275 g/mol. The summed E-state index contributed by atoms with van der Waals surface area (Å²) in [5.41, 5.74) is 2.21. The van der Waals surface area contributed by atoms with Crippen molar-refractivity contribution in [1.82, 2.24) is 5.32 Å². The summed E-state index contributed by atoms with van der Waals surface area (Å²) in [4.78, 5) is 12.1. The van der Waals surface area contributed by atoms with E-state index in [9.17, 15) is 4.79 Å². The molecule has 0 saturated heterocycles. The van der Waals surface area contributed by atoms with E-state index < -0.39 is 0 Å². The van der Waals surface area contributed by atoms with Gasteiger partial charge in [0, 0.05) is 30.9 Å². The van der Waals surface area contributed by atoms with Gasteiger partial charge in [-0.1, -0.05) is 17.9 Å². The lowest BCUT2D eigenvalue weighted by Gasteiger charge is -2.09. The molecular formula is C16H21NO3. The van der Waals surface area contributed by atoms with Gasteiger partial charge in [0.15, 0.2) is 0 Å². The van der Waals surface area contributed by atoms with Gasteiger partial charge in [0.05, 0.1) is 0 Å². The summed E-state index contributed by atoms with van der Waals surface area (Å²) in [7, 11) is 0. The summed E-state index contributed by atoms with van der Waals surface area (Å²) in [5.74, 6) is 5.33. The van der Waals surface area contributed by atoms with E-state index in [0.717, 1.165) is 17.5 Å². The number of nitrogens with one attached hydrogen (secondary N) is 1. The van der Waals surface area contributed by atoms with Gasteiger partial charge in [-0.25, -0.2) is 0 Å². The zero-order valence-electron chi connectivity index (χ0n) is 12.0. The van der Waals surface area contributed by atoms with Gasteiger partial charge in [0.1, 0.15) is 6.61 Å². The highest BCUT2D eigenvalue weighted by atomic mass is 16.5. The van der Waals surface area contributed by atoms with E-state index in [0.29, 0.717) is 25.3 Å². The highest BCUT2D eigenvalue weighted by Gasteiger charge is 2.10. The van der Waals surface area contributed by atoms with Crippen molar-refractivity contribution in [3.63, 3.8) is 0 Å². The summed E-state index contributed by atoms with van der Waals surface area (Å²) >= 11 is 0. The van der Waals surface area contributed by atoms with Gasteiger partial charge in [-0.15, -0.1) is 0 Å². The maximum Gasteiger partial charge on any atom is 0.251 e. The normalized spacial score (nSPS) is 9.75. The van der Waals surface area contributed by atoms with Gasteiger partial charge >= 0.3 is 0 Å². The third-order valence-corrected chi connectivity index (χ3v) is 2.84. The molecule has 1 aromatic rings. The van der Waals surface area contributed by atoms with Crippen molar-refractivity contribution >= 4 is 5.91 Å². The summed E-state index contributed by atoms with van der Waals surface area (Å²) in [6.45, 7) is 5.55. The molecule has 0 saturated carbocycles. The van der Waals surface area contributed by atoms with Gasteiger partial charge in [-0.3, -0.25) is 4.79 Å². The summed E-state index contributed by atoms with van der Waals surface area (Å²) in [6.07, 6.45) is 0.794. The minimum atomic E-state index is -0.187. The molecule has 0 unspecified atom stereocenters. The fraction of sp³-hybridized carbons (Fsp3) is 0.438. The predicted octanol–water partition coefficient (Wildman–Crippen LogP) is 1.50. The Balaban J connectivity index is 2.64. The first-order valence-corrected chi connectivity index (χ1v) is 6.76. The minimum Gasteiger partial charge on any atom is -0.384 e. The molecule has 108 valence electrons. The molecule has 0 aliphatic carbocycles. The Hall–Kier alpha value is -1.83. The molecule has 0 aliphatic rings. The van der Waals surface area contributed by atoms with E-state index in [1.807, 2.05) is 19.9 Å². The molecule has 0 heterocycles. The number of aliphatic hydroxyl groups excluding tert-OH is 1. The summed E-state index contributed by atoms with van der Waals surface area (Å²) in [5, 5.41) is 11.6. The number of benzene rings is 1. The molecule has 4 nitrogen and oxygen atoms in total. The van der Waals surface area contributed by atoms with Crippen molar-refractivity contribution in [2.45, 2.75) is 20.3 Å². The highest BCUT2D eigenvalue weighted by molar-refractivity contribution is 5.96. The number of hydrogen-bond acceptors (Lipinski definition) is 3. The molecule has 1 rings (SSSR count). The largest absolute Gasteiger partial charge is 0.384 e. The first-order valence-electron chi connectivity index (χ1n) is 6.76. The second kappa shape index (κ2) is 9.13. The Morgan fingerprint density at radius 2 is 2.25 bits per heavy atom. The van der Waals surface area contributed by atoms with Crippen LogP contribution in [0.2, 0.25) is 0 Å². The lowest BCUT2D eigenvalue weighted by molar-refractivity contribution is 0.0943. The van der Waals surface area contributed by atoms with Crippen molar-refractivity contribution in [2.75, 3.05) is 26.4 Å². The molecule has 20 heavy (non-hydrogen) atoms. The van der Waals surface area contributed by atoms with Gasteiger partial charge in [0.25, 0.3) is 5.91 Å². The number of hydrogen-bond donors (Lipinski definition) is 2. The van der Waals surface area contributed by atoms with Gasteiger partial charge in [0.2, 0.25) is 0 Å². The molecule has 0 atom stereocenters. The SMILES string of the molecule is CCOCCCNC(=O)c1cccc(C#CCO)c1C. The van der Waals surface area contributed by atoms with Crippen LogP contribution in [-0.2, 0) is 4.74 Å². The second-order valence-corrected chi connectivity index (χ2v) is 4.24. The van der Waals surface area contributed by atoms with Crippen LogP contribution in [0.15, 0.2) is 18.2 Å². The first-order chi connectivity index (χ1) is 9.70. The molecule has 0 bridgehead atoms. The summed E-state index contributed by atoms with van der Waals surface area (Å²) < 4.78 is 5.21. The molecule has 2 N–H and O–H groups in total. The fourth-order valence-electron chi connectivity index (χ4n) is 1.77. The molecule has 0 fully saturated rings. The number of aliphatic hydroxyl groups is 1. The fourth-order valence-corrected chi connectivity index (χ4v) is 1.77. The molecule has 4 heteroatoms. The highest BCUT2D eigenvalue weighted by Crippen LogP contribution is 2.12. The van der Waals surface area contributed by atoms with Gasteiger partial charge in [-0.2, -0.15) is 0 Å². The molecule has 0 spiro atoms. The second-order valence-electron chi connectivity index (χ2n) is 4.24. The van der Waals surface area contributed by atoms with Crippen molar-refractivity contribution in [3.8, 4) is 11.8 Å². The van der Waals surface area contributed by atoms with Crippen molar-refractivity contribution in [1.29, 1.82) is 0 Å². The molecule has 1 amide bonds. The van der Waals surface area contributed by atoms with Crippen LogP contribution >= 0.6 is 0 Å². The predicted molar refractivity (Wildman–Crippen MR) is 78.6 cm³/mol. The Kier molecular flexibility index (Phi) is 7.41. The summed E-state index contributed by atoms with van der Waals surface area (Å²) in [6, 6.07) is 5.41. The number of amides is 1. The molecule has 1 aromatic carbocycles. The Morgan fingerprint density at radius 1 is 1.45 bits per heavy atom. The molecular weight excluding hydrogens is 254 g/mol. The molecule has 0 radical (unpaired) electrons. The van der Waals surface area contributed by atoms with E-state index >= 15 is 0 Å². The van der Waals surface area contributed by atoms with Gasteiger partial charge < -0.3 is 15.2 Å². The van der Waals surface area contributed by atoms with E-state index in [2.05, 4.69) is 17.2 Å². The van der Waals surface area contributed by atoms with E-state index in [1.54, 1.807) is 12.1 Å². The lowest BCUT2D eigenvalue weighted by atomic mass is 10.0. The minimum absolute atomic E-state index is 0.105. The Labute approximate surface area is 120 Å². The van der Waals surface area contributed by atoms with Crippen LogP contribution in [0.25, 0.3) is 0 Å². The third kappa shape index (κ3) is 5.04. The van der Waals surface area contributed by atoms with Crippen LogP contribution < -0.4 is 5.32 Å². The van der Waals surface area contributed by atoms with Crippen LogP contribution in [0.1, 0.15) is 34.8 Å². The van der Waals surface area contributed by atoms with E-state index in [4.69, 9.17) is 9.84 Å². The van der Waals surface area contributed by atoms with Crippen LogP contribution in [0.5, 0.6) is 0 Å². The Morgan fingerprint density at radius 3 is 2.95 bits per heavy atom. The monoisotopic (exact) mass is 275 g/mol. The van der Waals surface area contributed by atoms with Crippen LogP contribution in [0, 0.1) is 18.8 Å². The maximum absolute atomic E-state index is 12.1. The number of carbonyl (C=O) groups is 1. The van der Waals surface area contributed by atoms with Crippen molar-refractivity contribution < 1.29 is 14.6 Å². The van der Waals surface area contributed by atoms with E-state index in [-0.39, 0.29) is 12.5 Å². The molecule has 0 aliphatic heterocycles. The third-order valence-electron chi connectivity index (χ3n) is 2.84. The number of ether oxygens (including phenoxy) is 1. The van der Waals surface area contributed by atoms with Crippen molar-refractivity contribution in [3.05, 3.63) is 34.9 Å². The van der Waals surface area contributed by atoms with Crippen LogP contribution in [-0.4, -0.2) is 37.4 Å². The molecule has 0 aromatic heterocycles. The maximum atomic E-state index is 12.1. The average Bonchev–Trinajstić information content (AvgIpc) is 2.46. The first kappa shape index (κ1) is 16.2. The quantitative estimate of drug-likeness (QED) is 0.611. The van der Waals surface area contributed by atoms with Crippen LogP contribution in [0.3, 0.4) is 0 Å². The number of rotatable bonds is 6. The smallest absolute Gasteiger partial charge is 0.251 e. The zero-order chi connectivity index (χ0) is 14.8. The number of carbonyl (C=O) groups excluding carboxylic acids is 1. The standard InChI is InChI=1S/C16H21NO3/c1-3-20-12-6-10-17-16(19)15-9-4-7-14(13(15)2)8-5-11-18/h4,7,9,18H,3,6,10-12H2,1-2H3,(H,17,19). The lowest BCUT2D eigenvalue weighted by Crippen LogP contribution is -2.26. The van der Waals surface area contributed by atoms with Crippen LogP contribution in [0.4, 0.5) is 0 Å².